The van der Waals surface area contributed by atoms with Gasteiger partial charge in [0.25, 0.3) is 0 Å². The molecule has 0 bridgehead atoms. The molecule has 2 atom stereocenters. The molecule has 116 valence electrons. The quantitative estimate of drug-likeness (QED) is 0.657. The van der Waals surface area contributed by atoms with Crippen molar-refractivity contribution >= 4 is 0 Å². The number of nitrogens with one attached hydrogen (secondary N) is 1. The number of aromatic nitrogens is 1. The highest BCUT2D eigenvalue weighted by Crippen LogP contribution is 2.41. The maximum atomic E-state index is 6.12. The van der Waals surface area contributed by atoms with Gasteiger partial charge in [-0.2, -0.15) is 0 Å². The summed E-state index contributed by atoms with van der Waals surface area (Å²) in [7, 11) is 0. The minimum absolute atomic E-state index is 0.0138. The third-order valence-electron chi connectivity index (χ3n) is 4.81. The lowest BCUT2D eigenvalue weighted by Crippen LogP contribution is -2.47. The van der Waals surface area contributed by atoms with Crippen LogP contribution in [0.2, 0.25) is 0 Å². The highest BCUT2D eigenvalue weighted by molar-refractivity contribution is 5.15. The Morgan fingerprint density at radius 2 is 2.14 bits per heavy atom. The third-order valence-corrected chi connectivity index (χ3v) is 4.81. The fraction of sp³-hybridized carbons (Fsp3) is 0.688. The van der Waals surface area contributed by atoms with E-state index in [1.807, 2.05) is 19.1 Å². The average molecular weight is 291 g/mol. The Balaban J connectivity index is 1.77. The molecule has 5 nitrogen and oxygen atoms in total. The first-order valence-electron chi connectivity index (χ1n) is 7.84. The first kappa shape index (κ1) is 14.9. The summed E-state index contributed by atoms with van der Waals surface area (Å²) in [6, 6.07) is 6.21. The van der Waals surface area contributed by atoms with Crippen molar-refractivity contribution in [2.24, 2.45) is 11.8 Å². The van der Waals surface area contributed by atoms with Crippen LogP contribution < -0.4 is 11.3 Å². The van der Waals surface area contributed by atoms with Crippen molar-refractivity contribution in [2.45, 2.75) is 44.2 Å². The van der Waals surface area contributed by atoms with Gasteiger partial charge in [-0.25, -0.2) is 0 Å². The smallest absolute Gasteiger partial charge is 0.0729 e. The summed E-state index contributed by atoms with van der Waals surface area (Å²) in [6.07, 6.45) is 4.03. The zero-order chi connectivity index (χ0) is 14.7. The van der Waals surface area contributed by atoms with Gasteiger partial charge in [0.05, 0.1) is 17.3 Å². The summed E-state index contributed by atoms with van der Waals surface area (Å²) in [6.45, 7) is 4.42. The molecule has 1 aromatic rings. The summed E-state index contributed by atoms with van der Waals surface area (Å²) in [5.41, 5.74) is 5.04. The van der Waals surface area contributed by atoms with E-state index in [2.05, 4.69) is 16.5 Å². The van der Waals surface area contributed by atoms with Crippen molar-refractivity contribution in [3.05, 3.63) is 29.6 Å². The Bertz CT molecular complexity index is 469. The van der Waals surface area contributed by atoms with Gasteiger partial charge in [-0.3, -0.25) is 16.3 Å². The van der Waals surface area contributed by atoms with Crippen molar-refractivity contribution in [2.75, 3.05) is 19.8 Å². The van der Waals surface area contributed by atoms with E-state index in [4.69, 9.17) is 15.3 Å². The van der Waals surface area contributed by atoms with E-state index < -0.39 is 0 Å². The lowest BCUT2D eigenvalue weighted by molar-refractivity contribution is -0.150. The highest BCUT2D eigenvalue weighted by atomic mass is 16.5. The molecule has 2 fully saturated rings. The molecule has 2 aliphatic heterocycles. The predicted molar refractivity (Wildman–Crippen MR) is 80.5 cm³/mol. The SMILES string of the molecule is Cc1cccc(C(NN)C2CCOC3(CCOCC3)C2)n1. The monoisotopic (exact) mass is 291 g/mol. The predicted octanol–water partition coefficient (Wildman–Crippen LogP) is 1.87. The van der Waals surface area contributed by atoms with E-state index in [0.717, 1.165) is 56.9 Å². The maximum absolute atomic E-state index is 6.12. The van der Waals surface area contributed by atoms with Gasteiger partial charge < -0.3 is 9.47 Å². The molecular weight excluding hydrogens is 266 g/mol. The van der Waals surface area contributed by atoms with Gasteiger partial charge in [0.1, 0.15) is 0 Å². The molecule has 2 unspecified atom stereocenters. The number of hydrazine groups is 1. The Morgan fingerprint density at radius 1 is 1.33 bits per heavy atom. The topological polar surface area (TPSA) is 69.4 Å². The molecular formula is C16H25N3O2. The van der Waals surface area contributed by atoms with Gasteiger partial charge in [-0.1, -0.05) is 6.07 Å². The van der Waals surface area contributed by atoms with Crippen LogP contribution in [-0.2, 0) is 9.47 Å². The van der Waals surface area contributed by atoms with E-state index >= 15 is 0 Å². The van der Waals surface area contributed by atoms with Gasteiger partial charge in [0, 0.05) is 25.5 Å². The molecule has 21 heavy (non-hydrogen) atoms. The van der Waals surface area contributed by atoms with E-state index in [1.54, 1.807) is 0 Å². The largest absolute Gasteiger partial charge is 0.381 e. The second-order valence-electron chi connectivity index (χ2n) is 6.24. The van der Waals surface area contributed by atoms with Crippen LogP contribution in [0.5, 0.6) is 0 Å². The van der Waals surface area contributed by atoms with Gasteiger partial charge >= 0.3 is 0 Å². The van der Waals surface area contributed by atoms with Crippen molar-refractivity contribution in [3.8, 4) is 0 Å². The summed E-state index contributed by atoms with van der Waals surface area (Å²) in [5.74, 6) is 6.30. The Labute approximate surface area is 126 Å². The molecule has 0 amide bonds. The first-order valence-corrected chi connectivity index (χ1v) is 7.84. The van der Waals surface area contributed by atoms with Crippen LogP contribution in [0.1, 0.15) is 43.1 Å². The molecule has 0 aromatic carbocycles. The number of nitrogens with two attached hydrogens (primary N) is 1. The zero-order valence-corrected chi connectivity index (χ0v) is 12.7. The third kappa shape index (κ3) is 3.26. The number of hydrogen-bond donors (Lipinski definition) is 2. The molecule has 0 aliphatic carbocycles. The van der Waals surface area contributed by atoms with Crippen molar-refractivity contribution in [1.82, 2.24) is 10.4 Å². The number of ether oxygens (including phenoxy) is 2. The van der Waals surface area contributed by atoms with Crippen LogP contribution in [0.15, 0.2) is 18.2 Å². The Hall–Kier alpha value is -1.01. The molecule has 2 saturated heterocycles. The number of nitrogens with zero attached hydrogens (tertiary/aromatic N) is 1. The lowest BCUT2D eigenvalue weighted by Gasteiger charge is -2.45. The zero-order valence-electron chi connectivity index (χ0n) is 12.7. The summed E-state index contributed by atoms with van der Waals surface area (Å²) in [5, 5.41) is 0. The average Bonchev–Trinajstić information content (AvgIpc) is 2.49. The molecule has 2 aliphatic rings. The second kappa shape index (κ2) is 6.40. The summed E-state index contributed by atoms with van der Waals surface area (Å²) < 4.78 is 11.6. The van der Waals surface area contributed by atoms with Gasteiger partial charge in [-0.15, -0.1) is 0 Å². The fourth-order valence-corrected chi connectivity index (χ4v) is 3.64. The normalized spacial score (nSPS) is 26.7. The molecule has 1 spiro atoms. The molecule has 0 saturated carbocycles. The van der Waals surface area contributed by atoms with Crippen molar-refractivity contribution in [1.29, 1.82) is 0 Å². The molecule has 5 heteroatoms. The molecule has 3 N–H and O–H groups in total. The summed E-state index contributed by atoms with van der Waals surface area (Å²) in [4.78, 5) is 4.65. The van der Waals surface area contributed by atoms with Crippen LogP contribution in [0.3, 0.4) is 0 Å². The summed E-state index contributed by atoms with van der Waals surface area (Å²) >= 11 is 0. The number of hydrogen-bond acceptors (Lipinski definition) is 5. The Morgan fingerprint density at radius 3 is 2.86 bits per heavy atom. The van der Waals surface area contributed by atoms with E-state index in [0.29, 0.717) is 5.92 Å². The number of pyridine rings is 1. The standard InChI is InChI=1S/C16H25N3O2/c1-12-3-2-4-14(18-12)15(19-17)13-5-8-21-16(11-13)6-9-20-10-7-16/h2-4,13,15,19H,5-11,17H2,1H3. The van der Waals surface area contributed by atoms with Gasteiger partial charge in [0.15, 0.2) is 0 Å². The molecule has 0 radical (unpaired) electrons. The van der Waals surface area contributed by atoms with Crippen LogP contribution in [-0.4, -0.2) is 30.4 Å². The maximum Gasteiger partial charge on any atom is 0.0729 e. The van der Waals surface area contributed by atoms with Crippen molar-refractivity contribution in [3.63, 3.8) is 0 Å². The minimum atomic E-state index is -0.0138. The first-order chi connectivity index (χ1) is 10.2. The van der Waals surface area contributed by atoms with Crippen LogP contribution in [0.4, 0.5) is 0 Å². The van der Waals surface area contributed by atoms with Gasteiger partial charge in [0.2, 0.25) is 0 Å². The lowest BCUT2D eigenvalue weighted by atomic mass is 9.77. The van der Waals surface area contributed by atoms with E-state index in [9.17, 15) is 0 Å². The second-order valence-corrected chi connectivity index (χ2v) is 6.24. The minimum Gasteiger partial charge on any atom is -0.381 e. The van der Waals surface area contributed by atoms with E-state index in [-0.39, 0.29) is 11.6 Å². The number of aryl methyl sites for hydroxylation is 1. The Kier molecular flexibility index (Phi) is 4.54. The highest BCUT2D eigenvalue weighted by Gasteiger charge is 2.41. The van der Waals surface area contributed by atoms with E-state index in [1.165, 1.54) is 0 Å². The molecule has 3 heterocycles. The van der Waals surface area contributed by atoms with Gasteiger partial charge in [-0.05, 0) is 50.7 Å². The van der Waals surface area contributed by atoms with Crippen LogP contribution >= 0.6 is 0 Å². The molecule has 3 rings (SSSR count). The van der Waals surface area contributed by atoms with Crippen LogP contribution in [0, 0.1) is 12.8 Å². The molecule has 1 aromatic heterocycles. The van der Waals surface area contributed by atoms with Crippen LogP contribution in [0.25, 0.3) is 0 Å². The fourth-order valence-electron chi connectivity index (χ4n) is 3.64. The number of rotatable bonds is 3. The van der Waals surface area contributed by atoms with Crippen molar-refractivity contribution < 1.29 is 9.47 Å².